The second kappa shape index (κ2) is 10.4. The van der Waals surface area contributed by atoms with Gasteiger partial charge in [0.2, 0.25) is 5.88 Å². The van der Waals surface area contributed by atoms with E-state index < -0.39 is 16.0 Å². The number of aryl methyl sites for hydroxylation is 1. The van der Waals surface area contributed by atoms with E-state index in [1.54, 1.807) is 31.5 Å². The summed E-state index contributed by atoms with van der Waals surface area (Å²) in [7, 11) is -4.34. The van der Waals surface area contributed by atoms with Crippen molar-refractivity contribution in [2.45, 2.75) is 71.1 Å². The molecule has 2 N–H and O–H groups in total. The quantitative estimate of drug-likeness (QED) is 0.254. The Morgan fingerprint density at radius 2 is 1.53 bits per heavy atom. The minimum Gasteiger partial charge on any atom is -0.365 e. The predicted octanol–water partition coefficient (Wildman–Crippen LogP) is 6.30. The minimum absolute atomic E-state index is 0.0679. The van der Waals surface area contributed by atoms with Gasteiger partial charge in [-0.05, 0) is 59.1 Å². The molecule has 0 fully saturated rings. The third-order valence-electron chi connectivity index (χ3n) is 6.44. The van der Waals surface area contributed by atoms with E-state index in [2.05, 4.69) is 28.8 Å². The molecule has 38 heavy (non-hydrogen) atoms. The highest BCUT2D eigenvalue weighted by Gasteiger charge is 2.31. The molecule has 3 aromatic heterocycles. The van der Waals surface area contributed by atoms with E-state index in [-0.39, 0.29) is 39.2 Å². The Morgan fingerprint density at radius 3 is 2.03 bits per heavy atom. The van der Waals surface area contributed by atoms with Crippen molar-refractivity contribution in [3.63, 3.8) is 0 Å². The Morgan fingerprint density at radius 1 is 0.947 bits per heavy atom. The number of hydrogen-bond acceptors (Lipinski definition) is 8. The number of nitrogens with two attached hydrogens (primary N) is 1. The third-order valence-corrected chi connectivity index (χ3v) is 8.99. The maximum absolute atomic E-state index is 14.1. The average Bonchev–Trinajstić information content (AvgIpc) is 3.20. The van der Waals surface area contributed by atoms with E-state index >= 15 is 0 Å². The first-order valence-electron chi connectivity index (χ1n) is 12.4. The first-order valence-corrected chi connectivity index (χ1v) is 14.7. The second-order valence-corrected chi connectivity index (χ2v) is 12.7. The van der Waals surface area contributed by atoms with Crippen LogP contribution < -0.4 is 9.92 Å². The molecule has 4 aromatic rings. The van der Waals surface area contributed by atoms with Crippen molar-refractivity contribution >= 4 is 37.6 Å². The number of fused-ring (bicyclic) bond motifs is 1. The molecule has 0 unspecified atom stereocenters. The van der Waals surface area contributed by atoms with Gasteiger partial charge in [0.1, 0.15) is 9.73 Å². The smallest absolute Gasteiger partial charge is 0.341 e. The molecule has 3 heterocycles. The number of carbonyl (C=O) groups excluding carboxylic acids is 1. The fraction of sp³-hybridized carbons (Fsp3) is 0.357. The van der Waals surface area contributed by atoms with Crippen LogP contribution in [0.25, 0.3) is 21.6 Å². The van der Waals surface area contributed by atoms with Crippen molar-refractivity contribution in [3.05, 3.63) is 63.8 Å². The fourth-order valence-corrected chi connectivity index (χ4v) is 6.95. The predicted molar refractivity (Wildman–Crippen MR) is 150 cm³/mol. The standard InChI is InChI=1S/C28H32N4O4S2/c1-14(2)19-12-20(15(3)4)24(21(13-19)16(5)6)38(34,35)36-27-22-17(7)23(25(29)33)37-28(22)32-26(31-27)18-8-10-30-11-9-18/h8-16H,1-7H3,(H2,29,33). The van der Waals surface area contributed by atoms with E-state index in [1.165, 1.54) is 0 Å². The van der Waals surface area contributed by atoms with Crippen LogP contribution in [0, 0.1) is 6.92 Å². The highest BCUT2D eigenvalue weighted by atomic mass is 32.2. The molecule has 0 bridgehead atoms. The molecular weight excluding hydrogens is 520 g/mol. The first-order chi connectivity index (χ1) is 17.8. The lowest BCUT2D eigenvalue weighted by Gasteiger charge is -2.22. The Balaban J connectivity index is 1.99. The summed E-state index contributed by atoms with van der Waals surface area (Å²) in [5.41, 5.74) is 9.16. The average molecular weight is 553 g/mol. The number of thiophene rings is 1. The van der Waals surface area contributed by atoms with Crippen molar-refractivity contribution in [3.8, 4) is 17.3 Å². The van der Waals surface area contributed by atoms with E-state index in [0.29, 0.717) is 32.5 Å². The minimum atomic E-state index is -4.34. The van der Waals surface area contributed by atoms with Crippen LogP contribution in [0.4, 0.5) is 0 Å². The summed E-state index contributed by atoms with van der Waals surface area (Å²) >= 11 is 1.08. The van der Waals surface area contributed by atoms with Crippen molar-refractivity contribution in [2.24, 2.45) is 5.73 Å². The lowest BCUT2D eigenvalue weighted by Crippen LogP contribution is -2.18. The molecule has 0 spiro atoms. The highest BCUT2D eigenvalue weighted by Crippen LogP contribution is 2.40. The van der Waals surface area contributed by atoms with Gasteiger partial charge >= 0.3 is 10.1 Å². The summed E-state index contributed by atoms with van der Waals surface area (Å²) in [6, 6.07) is 7.34. The summed E-state index contributed by atoms with van der Waals surface area (Å²) < 4.78 is 34.1. The number of rotatable bonds is 8. The number of hydrogen-bond donors (Lipinski definition) is 1. The van der Waals surface area contributed by atoms with Crippen molar-refractivity contribution in [1.82, 2.24) is 15.0 Å². The molecule has 1 amide bonds. The number of carbonyl (C=O) groups is 1. The summed E-state index contributed by atoms with van der Waals surface area (Å²) in [6.45, 7) is 13.7. The van der Waals surface area contributed by atoms with Gasteiger partial charge in [0.15, 0.2) is 5.82 Å². The summed E-state index contributed by atoms with van der Waals surface area (Å²) in [5.74, 6) is -0.416. The number of amides is 1. The van der Waals surface area contributed by atoms with Gasteiger partial charge in [-0.2, -0.15) is 13.4 Å². The Bertz CT molecular complexity index is 1600. The van der Waals surface area contributed by atoms with Crippen molar-refractivity contribution < 1.29 is 17.4 Å². The van der Waals surface area contributed by atoms with E-state index in [1.807, 2.05) is 39.8 Å². The van der Waals surface area contributed by atoms with Crippen LogP contribution in [0.2, 0.25) is 0 Å². The summed E-state index contributed by atoms with van der Waals surface area (Å²) in [4.78, 5) is 26.1. The zero-order valence-corrected chi connectivity index (χ0v) is 24.2. The topological polar surface area (TPSA) is 125 Å². The Hall–Kier alpha value is -3.37. The molecule has 200 valence electrons. The third kappa shape index (κ3) is 5.15. The Kier molecular flexibility index (Phi) is 7.58. The largest absolute Gasteiger partial charge is 0.365 e. The maximum Gasteiger partial charge on any atom is 0.341 e. The number of aromatic nitrogens is 3. The van der Waals surface area contributed by atoms with Gasteiger partial charge in [0.05, 0.1) is 10.3 Å². The molecule has 0 aliphatic carbocycles. The van der Waals surface area contributed by atoms with Gasteiger partial charge in [-0.1, -0.05) is 53.7 Å². The van der Waals surface area contributed by atoms with Crippen LogP contribution in [0.15, 0.2) is 41.6 Å². The van der Waals surface area contributed by atoms with Crippen LogP contribution in [0.3, 0.4) is 0 Å². The summed E-state index contributed by atoms with van der Waals surface area (Å²) in [6.07, 6.45) is 3.18. The van der Waals surface area contributed by atoms with E-state index in [4.69, 9.17) is 9.92 Å². The lowest BCUT2D eigenvalue weighted by molar-refractivity contribution is 0.100. The monoisotopic (exact) mass is 552 g/mol. The van der Waals surface area contributed by atoms with Crippen LogP contribution in [-0.2, 0) is 10.1 Å². The van der Waals surface area contributed by atoms with Crippen LogP contribution in [0.1, 0.15) is 91.2 Å². The van der Waals surface area contributed by atoms with Gasteiger partial charge < -0.3 is 9.92 Å². The Labute approximate surface area is 227 Å². The van der Waals surface area contributed by atoms with E-state index in [9.17, 15) is 13.2 Å². The number of benzene rings is 1. The molecule has 0 aliphatic rings. The molecule has 0 radical (unpaired) electrons. The highest BCUT2D eigenvalue weighted by molar-refractivity contribution is 7.87. The van der Waals surface area contributed by atoms with Crippen LogP contribution in [0.5, 0.6) is 5.88 Å². The molecule has 4 rings (SSSR count). The molecule has 10 heteroatoms. The molecular formula is C28H32N4O4S2. The first kappa shape index (κ1) is 27.7. The molecule has 0 atom stereocenters. The van der Waals surface area contributed by atoms with Crippen molar-refractivity contribution in [1.29, 1.82) is 0 Å². The van der Waals surface area contributed by atoms with E-state index in [0.717, 1.165) is 16.9 Å². The summed E-state index contributed by atoms with van der Waals surface area (Å²) in [5, 5.41) is 0.348. The van der Waals surface area contributed by atoms with Crippen molar-refractivity contribution in [2.75, 3.05) is 0 Å². The zero-order valence-electron chi connectivity index (χ0n) is 22.6. The van der Waals surface area contributed by atoms with Gasteiger partial charge in [-0.3, -0.25) is 9.78 Å². The molecule has 0 saturated carbocycles. The molecule has 1 aromatic carbocycles. The molecule has 8 nitrogen and oxygen atoms in total. The normalized spacial score (nSPS) is 12.2. The number of primary amides is 1. The van der Waals surface area contributed by atoms with Gasteiger partial charge in [-0.25, -0.2) is 4.98 Å². The maximum atomic E-state index is 14.1. The number of pyridine rings is 1. The van der Waals surface area contributed by atoms with Gasteiger partial charge in [-0.15, -0.1) is 11.3 Å². The van der Waals surface area contributed by atoms with Crippen LogP contribution in [-0.4, -0.2) is 29.3 Å². The molecule has 0 aliphatic heterocycles. The van der Waals surface area contributed by atoms with Crippen LogP contribution >= 0.6 is 11.3 Å². The van der Waals surface area contributed by atoms with Gasteiger partial charge in [0.25, 0.3) is 5.91 Å². The van der Waals surface area contributed by atoms with Gasteiger partial charge in [0, 0.05) is 18.0 Å². The lowest BCUT2D eigenvalue weighted by atomic mass is 9.89. The fourth-order valence-electron chi connectivity index (χ4n) is 4.35. The number of nitrogens with zero attached hydrogens (tertiary/aromatic N) is 3. The zero-order chi connectivity index (χ0) is 27.9. The SMILES string of the molecule is Cc1c(C(N)=O)sc2nc(-c3ccncc3)nc(OS(=O)(=O)c3c(C(C)C)cc(C(C)C)cc3C(C)C)c12. The second-order valence-electron chi connectivity index (χ2n) is 10.2. The molecule has 0 saturated heterocycles.